The van der Waals surface area contributed by atoms with Crippen LogP contribution < -0.4 is 0 Å². The first kappa shape index (κ1) is 11.0. The van der Waals surface area contributed by atoms with Crippen molar-refractivity contribution in [3.8, 4) is 0 Å². The second kappa shape index (κ2) is 3.96. The fraction of sp³-hybridized carbons (Fsp3) is 0. The van der Waals surface area contributed by atoms with Gasteiger partial charge in [-0.25, -0.2) is 13.4 Å². The quantitative estimate of drug-likeness (QED) is 0.767. The number of sulfone groups is 1. The number of fused-ring (bicyclic) bond motifs is 1. The van der Waals surface area contributed by atoms with Crippen LogP contribution in [0, 0.1) is 0 Å². The van der Waals surface area contributed by atoms with Gasteiger partial charge in [-0.2, -0.15) is 0 Å². The summed E-state index contributed by atoms with van der Waals surface area (Å²) in [6, 6.07) is 12.6. The summed E-state index contributed by atoms with van der Waals surface area (Å²) in [5.74, 6) is 0. The summed E-state index contributed by atoms with van der Waals surface area (Å²) in [5.41, 5.74) is 0. The number of H-pyrrole nitrogens is 1. The van der Waals surface area contributed by atoms with Crippen molar-refractivity contribution in [2.75, 3.05) is 0 Å². The van der Waals surface area contributed by atoms with Gasteiger partial charge in [0.05, 0.1) is 4.90 Å². The van der Waals surface area contributed by atoms with Crippen molar-refractivity contribution >= 4 is 20.6 Å². The number of nitrogens with one attached hydrogen (secondary N) is 1. The first-order valence-electron chi connectivity index (χ1n) is 5.42. The molecule has 0 atom stereocenters. The zero-order valence-corrected chi connectivity index (χ0v) is 10.2. The van der Waals surface area contributed by atoms with Gasteiger partial charge >= 0.3 is 0 Å². The van der Waals surface area contributed by atoms with Crippen LogP contribution in [0.3, 0.4) is 0 Å². The number of hydrogen-bond donors (Lipinski definition) is 1. The van der Waals surface area contributed by atoms with E-state index in [0.717, 1.165) is 5.39 Å². The molecular weight excluding hydrogens is 248 g/mol. The third kappa shape index (κ3) is 1.60. The molecule has 0 saturated carbocycles. The van der Waals surface area contributed by atoms with Crippen molar-refractivity contribution in [3.05, 3.63) is 54.9 Å². The molecule has 0 spiro atoms. The fourth-order valence-electron chi connectivity index (χ4n) is 1.93. The molecule has 3 rings (SSSR count). The first-order chi connectivity index (χ1) is 8.69. The Balaban J connectivity index is 2.34. The van der Waals surface area contributed by atoms with Crippen LogP contribution in [-0.2, 0) is 9.84 Å². The Bertz CT molecular complexity index is 787. The van der Waals surface area contributed by atoms with Gasteiger partial charge in [-0.1, -0.05) is 36.4 Å². The summed E-state index contributed by atoms with van der Waals surface area (Å²) in [7, 11) is -3.59. The van der Waals surface area contributed by atoms with Crippen LogP contribution in [-0.4, -0.2) is 18.4 Å². The molecule has 0 radical (unpaired) electrons. The van der Waals surface area contributed by atoms with E-state index >= 15 is 0 Å². The molecule has 1 heterocycles. The monoisotopic (exact) mass is 258 g/mol. The molecule has 1 N–H and O–H groups in total. The number of nitrogens with zero attached hydrogens (tertiary/aromatic N) is 1. The average molecular weight is 258 g/mol. The lowest BCUT2D eigenvalue weighted by Crippen LogP contribution is -2.04. The molecule has 0 unspecified atom stereocenters. The van der Waals surface area contributed by atoms with Gasteiger partial charge in [-0.05, 0) is 11.5 Å². The highest BCUT2D eigenvalue weighted by Crippen LogP contribution is 2.26. The maximum absolute atomic E-state index is 12.4. The Morgan fingerprint density at radius 1 is 1.00 bits per heavy atom. The minimum atomic E-state index is -3.59. The van der Waals surface area contributed by atoms with Crippen molar-refractivity contribution in [2.45, 2.75) is 10.1 Å². The number of imidazole rings is 1. The van der Waals surface area contributed by atoms with E-state index in [9.17, 15) is 8.42 Å². The zero-order valence-electron chi connectivity index (χ0n) is 9.37. The van der Waals surface area contributed by atoms with Gasteiger partial charge in [0.15, 0.2) is 0 Å². The van der Waals surface area contributed by atoms with Gasteiger partial charge in [0, 0.05) is 17.8 Å². The lowest BCUT2D eigenvalue weighted by atomic mass is 10.1. The van der Waals surface area contributed by atoms with Crippen LogP contribution in [0.5, 0.6) is 0 Å². The number of benzene rings is 2. The highest BCUT2D eigenvalue weighted by molar-refractivity contribution is 7.91. The van der Waals surface area contributed by atoms with Crippen LogP contribution in [0.4, 0.5) is 0 Å². The van der Waals surface area contributed by atoms with Crippen LogP contribution in [0.25, 0.3) is 10.8 Å². The van der Waals surface area contributed by atoms with Crippen molar-refractivity contribution in [2.24, 2.45) is 0 Å². The predicted octanol–water partition coefficient (Wildman–Crippen LogP) is 2.40. The Labute approximate surface area is 104 Å². The minimum Gasteiger partial charge on any atom is -0.335 e. The molecule has 4 nitrogen and oxygen atoms in total. The normalized spacial score (nSPS) is 11.8. The average Bonchev–Trinajstić information content (AvgIpc) is 2.92. The Hall–Kier alpha value is -2.14. The minimum absolute atomic E-state index is 0.0288. The van der Waals surface area contributed by atoms with E-state index in [0.29, 0.717) is 5.39 Å². The molecule has 0 aliphatic carbocycles. The molecule has 1 aromatic heterocycles. The lowest BCUT2D eigenvalue weighted by Gasteiger charge is -2.05. The van der Waals surface area contributed by atoms with E-state index in [-0.39, 0.29) is 10.1 Å². The third-order valence-corrected chi connectivity index (χ3v) is 4.43. The highest BCUT2D eigenvalue weighted by atomic mass is 32.2. The number of rotatable bonds is 2. The molecule has 0 amide bonds. The smallest absolute Gasteiger partial charge is 0.240 e. The molecule has 0 aliphatic rings. The van der Waals surface area contributed by atoms with Crippen molar-refractivity contribution in [1.82, 2.24) is 9.97 Å². The molecule has 0 fully saturated rings. The summed E-state index contributed by atoms with van der Waals surface area (Å²) in [4.78, 5) is 6.74. The van der Waals surface area contributed by atoms with Crippen LogP contribution in [0.2, 0.25) is 0 Å². The second-order valence-corrected chi connectivity index (χ2v) is 5.71. The maximum Gasteiger partial charge on any atom is 0.240 e. The molecular formula is C13H10N2O2S. The van der Waals surface area contributed by atoms with Crippen LogP contribution in [0.1, 0.15) is 0 Å². The van der Waals surface area contributed by atoms with Gasteiger partial charge in [0.1, 0.15) is 0 Å². The summed E-state index contributed by atoms with van der Waals surface area (Å²) in [5, 5.41) is 1.57. The molecule has 90 valence electrons. The standard InChI is InChI=1S/C13H10N2O2S/c16-18(17,13-14-8-9-15-13)12-7-3-5-10-4-1-2-6-11(10)12/h1-9H,(H,14,15). The van der Waals surface area contributed by atoms with Crippen molar-refractivity contribution < 1.29 is 8.42 Å². The molecule has 3 aromatic rings. The zero-order chi connectivity index (χ0) is 12.6. The Morgan fingerprint density at radius 2 is 1.78 bits per heavy atom. The third-order valence-electron chi connectivity index (χ3n) is 2.77. The van der Waals surface area contributed by atoms with Crippen molar-refractivity contribution in [1.29, 1.82) is 0 Å². The van der Waals surface area contributed by atoms with E-state index in [1.54, 1.807) is 18.2 Å². The van der Waals surface area contributed by atoms with E-state index in [1.165, 1.54) is 12.4 Å². The maximum atomic E-state index is 12.4. The number of aromatic nitrogens is 2. The highest BCUT2D eigenvalue weighted by Gasteiger charge is 2.22. The largest absolute Gasteiger partial charge is 0.335 e. The molecule has 18 heavy (non-hydrogen) atoms. The molecule has 2 aromatic carbocycles. The summed E-state index contributed by atoms with van der Waals surface area (Å²) in [6.07, 6.45) is 2.93. The van der Waals surface area contributed by atoms with E-state index in [1.807, 2.05) is 24.3 Å². The van der Waals surface area contributed by atoms with E-state index in [4.69, 9.17) is 0 Å². The number of hydrogen-bond acceptors (Lipinski definition) is 3. The Morgan fingerprint density at radius 3 is 2.56 bits per heavy atom. The summed E-state index contributed by atoms with van der Waals surface area (Å²) in [6.45, 7) is 0. The first-order valence-corrected chi connectivity index (χ1v) is 6.90. The summed E-state index contributed by atoms with van der Waals surface area (Å²) < 4.78 is 24.8. The predicted molar refractivity (Wildman–Crippen MR) is 68.0 cm³/mol. The second-order valence-electron chi connectivity index (χ2n) is 3.88. The van der Waals surface area contributed by atoms with Gasteiger partial charge in [0.2, 0.25) is 15.0 Å². The van der Waals surface area contributed by atoms with E-state index in [2.05, 4.69) is 9.97 Å². The molecule has 5 heteroatoms. The lowest BCUT2D eigenvalue weighted by molar-refractivity contribution is 0.589. The molecule has 0 aliphatic heterocycles. The topological polar surface area (TPSA) is 62.8 Å². The van der Waals surface area contributed by atoms with Crippen LogP contribution in [0.15, 0.2) is 64.9 Å². The van der Waals surface area contributed by atoms with Gasteiger partial charge in [-0.3, -0.25) is 0 Å². The summed E-state index contributed by atoms with van der Waals surface area (Å²) >= 11 is 0. The van der Waals surface area contributed by atoms with Gasteiger partial charge < -0.3 is 4.98 Å². The van der Waals surface area contributed by atoms with Crippen LogP contribution >= 0.6 is 0 Å². The van der Waals surface area contributed by atoms with E-state index < -0.39 is 9.84 Å². The van der Waals surface area contributed by atoms with Gasteiger partial charge in [0.25, 0.3) is 0 Å². The number of aromatic amines is 1. The Kier molecular flexibility index (Phi) is 2.41. The molecule has 0 saturated heterocycles. The van der Waals surface area contributed by atoms with Gasteiger partial charge in [-0.15, -0.1) is 0 Å². The molecule has 0 bridgehead atoms. The SMILES string of the molecule is O=S(=O)(c1ncc[nH]1)c1cccc2ccccc12. The van der Waals surface area contributed by atoms with Crippen molar-refractivity contribution in [3.63, 3.8) is 0 Å². The fourth-order valence-corrected chi connectivity index (χ4v) is 3.30.